The Hall–Kier alpha value is -2.43. The van der Waals surface area contributed by atoms with Crippen molar-refractivity contribution in [1.29, 1.82) is 0 Å². The second-order valence-corrected chi connectivity index (χ2v) is 7.22. The summed E-state index contributed by atoms with van der Waals surface area (Å²) in [5.41, 5.74) is 2.47. The number of nitrogens with zero attached hydrogens (tertiary/aromatic N) is 1. The lowest BCUT2D eigenvalue weighted by molar-refractivity contribution is 0.0997. The summed E-state index contributed by atoms with van der Waals surface area (Å²) >= 11 is 12.3. The Morgan fingerprint density at radius 2 is 1.74 bits per heavy atom. The van der Waals surface area contributed by atoms with Crippen LogP contribution in [0.5, 0.6) is 0 Å². The molecule has 138 valence electrons. The fourth-order valence-corrected chi connectivity index (χ4v) is 3.69. The lowest BCUT2D eigenvalue weighted by Gasteiger charge is -2.21. The van der Waals surface area contributed by atoms with E-state index in [1.807, 2.05) is 24.3 Å². The minimum atomic E-state index is -0.300. The van der Waals surface area contributed by atoms with Crippen molar-refractivity contribution in [3.8, 4) is 11.3 Å². The topological polar surface area (TPSA) is 45.5 Å². The summed E-state index contributed by atoms with van der Waals surface area (Å²) in [6, 6.07) is 16.5. The second-order valence-electron chi connectivity index (χ2n) is 6.43. The molecule has 0 spiro atoms. The van der Waals surface area contributed by atoms with Crippen LogP contribution >= 0.6 is 23.2 Å². The first-order valence-corrected chi connectivity index (χ1v) is 9.58. The number of rotatable bonds is 4. The van der Waals surface area contributed by atoms with Gasteiger partial charge in [0.15, 0.2) is 5.76 Å². The molecule has 2 aromatic carbocycles. The number of para-hydroxylation sites is 2. The molecule has 0 unspecified atom stereocenters. The van der Waals surface area contributed by atoms with E-state index in [0.29, 0.717) is 21.4 Å². The van der Waals surface area contributed by atoms with E-state index >= 15 is 0 Å². The standard InChI is InChI=1S/C21H18Cl2N2O2/c22-15-7-5-6-14(20(15)23)18-10-11-19(27-18)21(26)24-16-8-1-2-9-17(16)25-12-3-4-13-25/h1-2,5-11H,3-4,12-13H2,(H,24,26). The maximum atomic E-state index is 12.7. The van der Waals surface area contributed by atoms with Crippen LogP contribution in [0.4, 0.5) is 11.4 Å². The number of anilines is 2. The van der Waals surface area contributed by atoms with Gasteiger partial charge in [-0.15, -0.1) is 0 Å². The fourth-order valence-electron chi connectivity index (χ4n) is 3.30. The molecule has 1 saturated heterocycles. The normalized spacial score (nSPS) is 13.8. The summed E-state index contributed by atoms with van der Waals surface area (Å²) in [6.45, 7) is 2.01. The highest BCUT2D eigenvalue weighted by Gasteiger charge is 2.19. The maximum Gasteiger partial charge on any atom is 0.291 e. The van der Waals surface area contributed by atoms with Crippen molar-refractivity contribution >= 4 is 40.5 Å². The molecule has 6 heteroatoms. The molecule has 4 rings (SSSR count). The SMILES string of the molecule is O=C(Nc1ccccc1N1CCCC1)c1ccc(-c2cccc(Cl)c2Cl)o1. The van der Waals surface area contributed by atoms with Crippen LogP contribution in [0, 0.1) is 0 Å². The highest BCUT2D eigenvalue weighted by atomic mass is 35.5. The lowest BCUT2D eigenvalue weighted by atomic mass is 10.2. The highest BCUT2D eigenvalue weighted by Crippen LogP contribution is 2.35. The third kappa shape index (κ3) is 3.68. The third-order valence-electron chi connectivity index (χ3n) is 4.65. The molecular formula is C21H18Cl2N2O2. The Kier molecular flexibility index (Phi) is 5.10. The largest absolute Gasteiger partial charge is 0.451 e. The first-order chi connectivity index (χ1) is 13.1. The Labute approximate surface area is 167 Å². The molecule has 0 aliphatic carbocycles. The lowest BCUT2D eigenvalue weighted by Crippen LogP contribution is -2.20. The number of halogens is 2. The maximum absolute atomic E-state index is 12.7. The van der Waals surface area contributed by atoms with E-state index in [0.717, 1.165) is 24.5 Å². The van der Waals surface area contributed by atoms with Gasteiger partial charge >= 0.3 is 0 Å². The molecule has 1 aliphatic heterocycles. The van der Waals surface area contributed by atoms with E-state index in [1.165, 1.54) is 12.8 Å². The Morgan fingerprint density at radius 3 is 2.56 bits per heavy atom. The van der Waals surface area contributed by atoms with Gasteiger partial charge in [-0.05, 0) is 49.2 Å². The smallest absolute Gasteiger partial charge is 0.291 e. The van der Waals surface area contributed by atoms with Crippen LogP contribution < -0.4 is 10.2 Å². The Balaban J connectivity index is 1.57. The number of hydrogen-bond donors (Lipinski definition) is 1. The van der Waals surface area contributed by atoms with Crippen molar-refractivity contribution < 1.29 is 9.21 Å². The quantitative estimate of drug-likeness (QED) is 0.574. The van der Waals surface area contributed by atoms with Gasteiger partial charge in [0.25, 0.3) is 5.91 Å². The van der Waals surface area contributed by atoms with Crippen molar-refractivity contribution in [3.63, 3.8) is 0 Å². The number of amides is 1. The first-order valence-electron chi connectivity index (χ1n) is 8.83. The molecule has 3 aromatic rings. The molecule has 0 radical (unpaired) electrons. The predicted octanol–water partition coefficient (Wildman–Crippen LogP) is 6.11. The van der Waals surface area contributed by atoms with Crippen LogP contribution in [0.25, 0.3) is 11.3 Å². The highest BCUT2D eigenvalue weighted by molar-refractivity contribution is 6.43. The molecule has 4 nitrogen and oxygen atoms in total. The van der Waals surface area contributed by atoms with E-state index in [2.05, 4.69) is 10.2 Å². The summed E-state index contributed by atoms with van der Waals surface area (Å²) in [6.07, 6.45) is 2.34. The van der Waals surface area contributed by atoms with Crippen molar-refractivity contribution in [2.75, 3.05) is 23.3 Å². The number of furan rings is 1. The van der Waals surface area contributed by atoms with Gasteiger partial charge in [0.05, 0.1) is 21.4 Å². The van der Waals surface area contributed by atoms with E-state index in [-0.39, 0.29) is 11.7 Å². The van der Waals surface area contributed by atoms with Crippen molar-refractivity contribution in [2.24, 2.45) is 0 Å². The summed E-state index contributed by atoms with van der Waals surface area (Å²) in [5, 5.41) is 3.80. The van der Waals surface area contributed by atoms with Crippen LogP contribution in [0.1, 0.15) is 23.4 Å². The molecule has 0 bridgehead atoms. The van der Waals surface area contributed by atoms with Crippen LogP contribution in [-0.4, -0.2) is 19.0 Å². The number of nitrogens with one attached hydrogen (secondary N) is 1. The van der Waals surface area contributed by atoms with E-state index in [4.69, 9.17) is 27.6 Å². The van der Waals surface area contributed by atoms with E-state index in [1.54, 1.807) is 30.3 Å². The fraction of sp³-hybridized carbons (Fsp3) is 0.190. The van der Waals surface area contributed by atoms with E-state index in [9.17, 15) is 4.79 Å². The molecule has 1 amide bonds. The van der Waals surface area contributed by atoms with Gasteiger partial charge in [0, 0.05) is 18.7 Å². The van der Waals surface area contributed by atoms with Crippen molar-refractivity contribution in [3.05, 3.63) is 70.4 Å². The zero-order valence-corrected chi connectivity index (χ0v) is 16.1. The van der Waals surface area contributed by atoms with Gasteiger partial charge in [-0.2, -0.15) is 0 Å². The minimum absolute atomic E-state index is 0.220. The van der Waals surface area contributed by atoms with Gasteiger partial charge < -0.3 is 14.6 Å². The molecule has 0 saturated carbocycles. The average molecular weight is 401 g/mol. The summed E-state index contributed by atoms with van der Waals surface area (Å²) in [7, 11) is 0. The van der Waals surface area contributed by atoms with Gasteiger partial charge in [0.2, 0.25) is 0 Å². The van der Waals surface area contributed by atoms with Gasteiger partial charge in [0.1, 0.15) is 5.76 Å². The second kappa shape index (κ2) is 7.67. The summed E-state index contributed by atoms with van der Waals surface area (Å²) in [5.74, 6) is 0.420. The van der Waals surface area contributed by atoms with Crippen LogP contribution in [0.2, 0.25) is 10.0 Å². The molecule has 1 N–H and O–H groups in total. The van der Waals surface area contributed by atoms with Gasteiger partial charge in [-0.25, -0.2) is 0 Å². The van der Waals surface area contributed by atoms with Crippen LogP contribution in [0.15, 0.2) is 59.0 Å². The molecular weight excluding hydrogens is 383 g/mol. The average Bonchev–Trinajstić information content (AvgIpc) is 3.36. The monoisotopic (exact) mass is 400 g/mol. The van der Waals surface area contributed by atoms with E-state index < -0.39 is 0 Å². The van der Waals surface area contributed by atoms with Crippen molar-refractivity contribution in [2.45, 2.75) is 12.8 Å². The van der Waals surface area contributed by atoms with Crippen LogP contribution in [-0.2, 0) is 0 Å². The van der Waals surface area contributed by atoms with Crippen LogP contribution in [0.3, 0.4) is 0 Å². The molecule has 1 aromatic heterocycles. The number of carbonyl (C=O) groups is 1. The number of carbonyl (C=O) groups excluding carboxylic acids is 1. The van der Waals surface area contributed by atoms with Crippen molar-refractivity contribution in [1.82, 2.24) is 0 Å². The van der Waals surface area contributed by atoms with Gasteiger partial charge in [-0.1, -0.05) is 41.4 Å². The zero-order valence-electron chi connectivity index (χ0n) is 14.5. The molecule has 1 aliphatic rings. The number of hydrogen-bond acceptors (Lipinski definition) is 3. The Bertz CT molecular complexity index is 978. The Morgan fingerprint density at radius 1 is 0.963 bits per heavy atom. The predicted molar refractivity (Wildman–Crippen MR) is 110 cm³/mol. The zero-order chi connectivity index (χ0) is 18.8. The third-order valence-corrected chi connectivity index (χ3v) is 5.46. The molecule has 1 fully saturated rings. The van der Waals surface area contributed by atoms with Gasteiger partial charge in [-0.3, -0.25) is 4.79 Å². The molecule has 0 atom stereocenters. The first kappa shape index (κ1) is 18.0. The molecule has 2 heterocycles. The number of benzene rings is 2. The summed E-state index contributed by atoms with van der Waals surface area (Å²) in [4.78, 5) is 15.0. The minimum Gasteiger partial charge on any atom is -0.451 e. The molecule has 27 heavy (non-hydrogen) atoms. The summed E-state index contributed by atoms with van der Waals surface area (Å²) < 4.78 is 5.74.